The minimum Gasteiger partial charge on any atom is -0.496 e. The fourth-order valence-electron chi connectivity index (χ4n) is 4.92. The number of sulfonamides is 1. The van der Waals surface area contributed by atoms with E-state index in [0.29, 0.717) is 27.8 Å². The summed E-state index contributed by atoms with van der Waals surface area (Å²) in [6.45, 7) is 1.57. The molecule has 1 atom stereocenters. The molecule has 1 heterocycles. The molecule has 0 radical (unpaired) electrons. The van der Waals surface area contributed by atoms with Gasteiger partial charge in [0, 0.05) is 59.1 Å². The van der Waals surface area contributed by atoms with Crippen LogP contribution in [-0.4, -0.2) is 44.6 Å². The van der Waals surface area contributed by atoms with Gasteiger partial charge in [-0.3, -0.25) is 9.59 Å². The van der Waals surface area contributed by atoms with Crippen molar-refractivity contribution in [3.05, 3.63) is 93.6 Å². The van der Waals surface area contributed by atoms with Crippen LogP contribution in [0.1, 0.15) is 51.6 Å². The predicted octanol–water partition coefficient (Wildman–Crippen LogP) is 6.37. The first-order valence-electron chi connectivity index (χ1n) is 13.6. The molecule has 1 aromatic heterocycles. The van der Waals surface area contributed by atoms with E-state index >= 15 is 0 Å². The Morgan fingerprint density at radius 3 is 2.34 bits per heavy atom. The van der Waals surface area contributed by atoms with Crippen LogP contribution in [0.25, 0.3) is 10.9 Å². The topological polar surface area (TPSA) is 106 Å². The molecule has 0 saturated carbocycles. The summed E-state index contributed by atoms with van der Waals surface area (Å²) in [5.41, 5.74) is 2.78. The molecule has 0 aliphatic heterocycles. The van der Waals surface area contributed by atoms with Crippen molar-refractivity contribution >= 4 is 48.7 Å². The number of carbonyl (C=O) groups is 2. The van der Waals surface area contributed by atoms with Crippen LogP contribution >= 0.6 is 15.9 Å². The van der Waals surface area contributed by atoms with Crippen LogP contribution in [0.5, 0.6) is 5.75 Å². The number of halogens is 4. The molecule has 2 amide bonds. The number of ether oxygens (including phenoxy) is 1. The van der Waals surface area contributed by atoms with Gasteiger partial charge in [-0.15, -0.1) is 0 Å². The Morgan fingerprint density at radius 2 is 1.68 bits per heavy atom. The highest BCUT2D eigenvalue weighted by Crippen LogP contribution is 2.30. The number of carbonyl (C=O) groups excluding carboxylic acids is 2. The highest BCUT2D eigenvalue weighted by molar-refractivity contribution is 9.10. The van der Waals surface area contributed by atoms with Crippen LogP contribution in [0, 0.1) is 5.92 Å². The minimum absolute atomic E-state index is 0.0765. The van der Waals surface area contributed by atoms with Gasteiger partial charge in [-0.25, -0.2) is 13.1 Å². The number of amides is 2. The van der Waals surface area contributed by atoms with E-state index in [-0.39, 0.29) is 23.4 Å². The molecule has 8 nitrogen and oxygen atoms in total. The molecule has 4 rings (SSSR count). The smallest absolute Gasteiger partial charge is 0.389 e. The Kier molecular flexibility index (Phi) is 10.1. The Bertz CT molecular complexity index is 1810. The second-order valence-corrected chi connectivity index (χ2v) is 12.9. The van der Waals surface area contributed by atoms with Crippen molar-refractivity contribution in [2.45, 2.75) is 37.3 Å². The van der Waals surface area contributed by atoms with Crippen LogP contribution < -0.4 is 14.8 Å². The first kappa shape index (κ1) is 33.1. The number of benzene rings is 3. The average molecular weight is 695 g/mol. The highest BCUT2D eigenvalue weighted by atomic mass is 79.9. The Labute approximate surface area is 261 Å². The quantitative estimate of drug-likeness (QED) is 0.190. The van der Waals surface area contributed by atoms with Gasteiger partial charge in [0.15, 0.2) is 0 Å². The maximum absolute atomic E-state index is 12.9. The molecule has 0 saturated heterocycles. The number of hydrogen-bond donors (Lipinski definition) is 2. The van der Waals surface area contributed by atoms with Crippen molar-refractivity contribution in [2.75, 3.05) is 13.7 Å². The summed E-state index contributed by atoms with van der Waals surface area (Å²) >= 11 is 3.19. The molecule has 3 aromatic carbocycles. The highest BCUT2D eigenvalue weighted by Gasteiger charge is 2.31. The zero-order valence-corrected chi connectivity index (χ0v) is 26.6. The van der Waals surface area contributed by atoms with Crippen LogP contribution in [-0.2, 0) is 23.5 Å². The molecule has 4 aromatic rings. The number of fused-ring (bicyclic) bond motifs is 1. The summed E-state index contributed by atoms with van der Waals surface area (Å²) in [4.78, 5) is 25.7. The molecular formula is C31H31BrF3N3O5S. The fraction of sp³-hybridized carbons (Fsp3) is 0.290. The van der Waals surface area contributed by atoms with E-state index < -0.39 is 40.4 Å². The van der Waals surface area contributed by atoms with Gasteiger partial charge < -0.3 is 14.6 Å². The number of nitrogens with one attached hydrogen (secondary N) is 2. The van der Waals surface area contributed by atoms with E-state index in [9.17, 15) is 31.2 Å². The van der Waals surface area contributed by atoms with E-state index in [4.69, 9.17) is 4.74 Å². The zero-order chi connectivity index (χ0) is 32.2. The standard InChI is InChI=1S/C31H31BrF3N3O5S/c1-4-19(16-31(33,34)35)17-36-29(39)21-11-12-26-24(14-21)23(18-38(26)2)13-20-9-10-22(15-27(20)43-3)30(40)37-44(41,42)28-8-6-5-7-25(28)32/h5-12,14-15,18-19H,4,13,16-17H2,1-3H3,(H,36,39)(H,37,40)/t19-/m0/s1. The lowest BCUT2D eigenvalue weighted by Gasteiger charge is -2.17. The number of methoxy groups -OCH3 is 1. The lowest BCUT2D eigenvalue weighted by molar-refractivity contribution is -0.144. The van der Waals surface area contributed by atoms with Crippen molar-refractivity contribution in [3.8, 4) is 5.75 Å². The van der Waals surface area contributed by atoms with Crippen LogP contribution in [0.2, 0.25) is 0 Å². The summed E-state index contributed by atoms with van der Waals surface area (Å²) in [5.74, 6) is -1.65. The lowest BCUT2D eigenvalue weighted by Crippen LogP contribution is -2.31. The van der Waals surface area contributed by atoms with Crippen molar-refractivity contribution in [1.29, 1.82) is 0 Å². The van der Waals surface area contributed by atoms with E-state index in [0.717, 1.165) is 16.5 Å². The monoisotopic (exact) mass is 693 g/mol. The normalized spacial score (nSPS) is 12.6. The third-order valence-corrected chi connectivity index (χ3v) is 9.61. The molecule has 44 heavy (non-hydrogen) atoms. The first-order valence-corrected chi connectivity index (χ1v) is 15.9. The third kappa shape index (κ3) is 7.81. The molecule has 0 unspecified atom stereocenters. The Balaban J connectivity index is 1.54. The molecule has 0 aliphatic carbocycles. The van der Waals surface area contributed by atoms with Gasteiger partial charge in [-0.05, 0) is 75.4 Å². The number of hydrogen-bond acceptors (Lipinski definition) is 5. The molecule has 0 spiro atoms. The van der Waals surface area contributed by atoms with Gasteiger partial charge >= 0.3 is 6.18 Å². The lowest BCUT2D eigenvalue weighted by atomic mass is 10.00. The van der Waals surface area contributed by atoms with Crippen molar-refractivity contribution < 1.29 is 35.9 Å². The molecule has 0 fully saturated rings. The number of aromatic nitrogens is 1. The SMILES string of the molecule is CC[C@H](CNC(=O)c1ccc2c(c1)c(Cc1ccc(C(=O)NS(=O)(=O)c3ccccc3Br)cc1OC)cn2C)CC(F)(F)F. The summed E-state index contributed by atoms with van der Waals surface area (Å²) in [7, 11) is -0.852. The second-order valence-electron chi connectivity index (χ2n) is 10.4. The van der Waals surface area contributed by atoms with E-state index in [2.05, 4.69) is 26.0 Å². The largest absolute Gasteiger partial charge is 0.496 e. The van der Waals surface area contributed by atoms with Crippen molar-refractivity contribution in [3.63, 3.8) is 0 Å². The predicted molar refractivity (Wildman–Crippen MR) is 164 cm³/mol. The second kappa shape index (κ2) is 13.4. The Hall–Kier alpha value is -3.84. The number of alkyl halides is 3. The van der Waals surface area contributed by atoms with Gasteiger partial charge in [-0.1, -0.05) is 31.5 Å². The first-order chi connectivity index (χ1) is 20.7. The van der Waals surface area contributed by atoms with Crippen LogP contribution in [0.4, 0.5) is 13.2 Å². The van der Waals surface area contributed by atoms with E-state index in [1.54, 1.807) is 49.4 Å². The Morgan fingerprint density at radius 1 is 1.00 bits per heavy atom. The van der Waals surface area contributed by atoms with Crippen molar-refractivity contribution in [1.82, 2.24) is 14.6 Å². The maximum atomic E-state index is 12.9. The summed E-state index contributed by atoms with van der Waals surface area (Å²) in [6, 6.07) is 15.9. The molecule has 234 valence electrons. The molecule has 0 bridgehead atoms. The maximum Gasteiger partial charge on any atom is 0.389 e. The van der Waals surface area contributed by atoms with Crippen LogP contribution in [0.3, 0.4) is 0 Å². The molecule has 0 aliphatic rings. The summed E-state index contributed by atoms with van der Waals surface area (Å²) in [5, 5.41) is 3.40. The van der Waals surface area contributed by atoms with Gasteiger partial charge in [0.05, 0.1) is 7.11 Å². The van der Waals surface area contributed by atoms with Crippen LogP contribution in [0.15, 0.2) is 76.2 Å². The van der Waals surface area contributed by atoms with Crippen molar-refractivity contribution in [2.24, 2.45) is 13.0 Å². The van der Waals surface area contributed by atoms with Gasteiger partial charge in [-0.2, -0.15) is 13.2 Å². The molecule has 2 N–H and O–H groups in total. The summed E-state index contributed by atoms with van der Waals surface area (Å²) in [6.07, 6.45) is -2.73. The van der Waals surface area contributed by atoms with E-state index in [1.165, 1.54) is 25.3 Å². The number of aryl methyl sites for hydroxylation is 1. The zero-order valence-electron chi connectivity index (χ0n) is 24.2. The molecular weight excluding hydrogens is 663 g/mol. The number of nitrogens with zero attached hydrogens (tertiary/aromatic N) is 1. The molecule has 13 heteroatoms. The summed E-state index contributed by atoms with van der Waals surface area (Å²) < 4.78 is 73.9. The van der Waals surface area contributed by atoms with Gasteiger partial charge in [0.2, 0.25) is 0 Å². The fourth-order valence-corrected chi connectivity index (χ4v) is 6.90. The van der Waals surface area contributed by atoms with Gasteiger partial charge in [0.25, 0.3) is 21.8 Å². The minimum atomic E-state index is -4.30. The van der Waals surface area contributed by atoms with Gasteiger partial charge in [0.1, 0.15) is 10.6 Å². The third-order valence-electron chi connectivity index (χ3n) is 7.27. The van der Waals surface area contributed by atoms with E-state index in [1.807, 2.05) is 17.8 Å². The number of rotatable bonds is 11. The average Bonchev–Trinajstić information content (AvgIpc) is 3.28.